The van der Waals surface area contributed by atoms with E-state index in [9.17, 15) is 18.0 Å². The summed E-state index contributed by atoms with van der Waals surface area (Å²) in [4.78, 5) is 18.5. The van der Waals surface area contributed by atoms with Gasteiger partial charge in [-0.1, -0.05) is 18.5 Å². The molecule has 0 aliphatic carbocycles. The van der Waals surface area contributed by atoms with Crippen molar-refractivity contribution in [2.75, 3.05) is 13.1 Å². The largest absolute Gasteiger partial charge is 0.463 e. The molecule has 0 aromatic carbocycles. The number of hydrogen-bond acceptors (Lipinski definition) is 4. The fourth-order valence-corrected chi connectivity index (χ4v) is 3.48. The van der Waals surface area contributed by atoms with Gasteiger partial charge in [0.25, 0.3) is 5.91 Å². The molecule has 4 heterocycles. The summed E-state index contributed by atoms with van der Waals surface area (Å²) in [6.07, 6.45) is -1.74. The summed E-state index contributed by atoms with van der Waals surface area (Å²) >= 11 is 6.26. The summed E-state index contributed by atoms with van der Waals surface area (Å²) < 4.78 is 46.6. The number of fused-ring (bicyclic) bond motifs is 1. The van der Waals surface area contributed by atoms with Gasteiger partial charge in [0.05, 0.1) is 6.26 Å². The zero-order valence-electron chi connectivity index (χ0n) is 14.8. The highest BCUT2D eigenvalue weighted by Gasteiger charge is 2.37. The van der Waals surface area contributed by atoms with E-state index in [-0.39, 0.29) is 27.8 Å². The van der Waals surface area contributed by atoms with Gasteiger partial charge >= 0.3 is 6.18 Å². The highest BCUT2D eigenvalue weighted by atomic mass is 35.5. The number of furan rings is 1. The molecule has 0 spiro atoms. The number of amides is 1. The molecule has 0 saturated carbocycles. The minimum Gasteiger partial charge on any atom is -0.463 e. The first kappa shape index (κ1) is 18.8. The van der Waals surface area contributed by atoms with Gasteiger partial charge in [-0.2, -0.15) is 18.3 Å². The Balaban J connectivity index is 1.84. The Hall–Kier alpha value is -2.55. The number of alkyl halides is 3. The van der Waals surface area contributed by atoms with E-state index >= 15 is 0 Å². The van der Waals surface area contributed by atoms with Crippen molar-refractivity contribution >= 4 is 23.2 Å². The summed E-state index contributed by atoms with van der Waals surface area (Å²) in [7, 11) is 0. The van der Waals surface area contributed by atoms with Crippen molar-refractivity contribution in [1.82, 2.24) is 19.5 Å². The maximum Gasteiger partial charge on any atom is 0.433 e. The van der Waals surface area contributed by atoms with Gasteiger partial charge in [0, 0.05) is 13.1 Å². The number of hydrogen-bond donors (Lipinski definition) is 0. The standard InChI is InChI=1S/C18H16ClF3N4O2/c1-10-4-6-25(7-5-10)17(27)15-14(19)16-23-11(12-3-2-8-28-12)9-13(18(20,21)22)26(16)24-15/h2-3,8-10H,4-7H2,1H3. The van der Waals surface area contributed by atoms with Crippen molar-refractivity contribution in [2.24, 2.45) is 5.92 Å². The van der Waals surface area contributed by atoms with E-state index in [1.165, 1.54) is 12.3 Å². The zero-order valence-corrected chi connectivity index (χ0v) is 15.6. The summed E-state index contributed by atoms with van der Waals surface area (Å²) in [5.74, 6) is 0.160. The minimum atomic E-state index is -4.72. The lowest BCUT2D eigenvalue weighted by Gasteiger charge is -2.29. The summed E-state index contributed by atoms with van der Waals surface area (Å²) in [5, 5.41) is 3.67. The van der Waals surface area contributed by atoms with Crippen LogP contribution in [0.4, 0.5) is 13.2 Å². The van der Waals surface area contributed by atoms with E-state index in [1.54, 1.807) is 11.0 Å². The van der Waals surface area contributed by atoms with Crippen LogP contribution in [-0.2, 0) is 6.18 Å². The van der Waals surface area contributed by atoms with Crippen LogP contribution in [-0.4, -0.2) is 38.5 Å². The molecule has 1 amide bonds. The van der Waals surface area contributed by atoms with Gasteiger partial charge in [0.15, 0.2) is 22.8 Å². The van der Waals surface area contributed by atoms with Crippen molar-refractivity contribution in [3.05, 3.63) is 40.9 Å². The SMILES string of the molecule is CC1CCN(C(=O)c2nn3c(C(F)(F)F)cc(-c4ccco4)nc3c2Cl)CC1. The van der Waals surface area contributed by atoms with E-state index in [0.29, 0.717) is 23.5 Å². The Labute approximate surface area is 162 Å². The van der Waals surface area contributed by atoms with Crippen molar-refractivity contribution in [1.29, 1.82) is 0 Å². The van der Waals surface area contributed by atoms with Gasteiger partial charge < -0.3 is 9.32 Å². The maximum absolute atomic E-state index is 13.6. The Morgan fingerprint density at radius 2 is 2.04 bits per heavy atom. The summed E-state index contributed by atoms with van der Waals surface area (Å²) in [5.41, 5.74) is -1.60. The van der Waals surface area contributed by atoms with Crippen molar-refractivity contribution < 1.29 is 22.4 Å². The predicted octanol–water partition coefficient (Wildman–Crippen LogP) is 4.53. The minimum absolute atomic E-state index is 0.0441. The third kappa shape index (κ3) is 3.23. The lowest BCUT2D eigenvalue weighted by Crippen LogP contribution is -2.38. The van der Waals surface area contributed by atoms with Crippen LogP contribution in [0.1, 0.15) is 35.9 Å². The molecule has 6 nitrogen and oxygen atoms in total. The van der Waals surface area contributed by atoms with Crippen molar-refractivity contribution in [3.63, 3.8) is 0 Å². The molecule has 3 aromatic rings. The number of halogens is 4. The van der Waals surface area contributed by atoms with Crippen LogP contribution in [0.15, 0.2) is 28.9 Å². The molecule has 4 rings (SSSR count). The number of rotatable bonds is 2. The Bertz CT molecular complexity index is 1020. The Morgan fingerprint density at radius 3 is 2.64 bits per heavy atom. The number of carbonyl (C=O) groups excluding carboxylic acids is 1. The first-order valence-electron chi connectivity index (χ1n) is 8.75. The molecule has 28 heavy (non-hydrogen) atoms. The van der Waals surface area contributed by atoms with Gasteiger partial charge in [0.2, 0.25) is 0 Å². The van der Waals surface area contributed by atoms with E-state index < -0.39 is 17.8 Å². The first-order valence-corrected chi connectivity index (χ1v) is 9.13. The molecular formula is C18H16ClF3N4O2. The second-order valence-electron chi connectivity index (χ2n) is 6.87. The van der Waals surface area contributed by atoms with Gasteiger partial charge in [-0.25, -0.2) is 9.50 Å². The third-order valence-corrected chi connectivity index (χ3v) is 5.22. The van der Waals surface area contributed by atoms with E-state index in [0.717, 1.165) is 18.9 Å². The van der Waals surface area contributed by atoms with Gasteiger partial charge in [-0.15, -0.1) is 0 Å². The lowest BCUT2D eigenvalue weighted by molar-refractivity contribution is -0.142. The molecular weight excluding hydrogens is 397 g/mol. The molecule has 148 valence electrons. The average Bonchev–Trinajstić information content (AvgIpc) is 3.29. The van der Waals surface area contributed by atoms with E-state index in [2.05, 4.69) is 17.0 Å². The molecule has 0 N–H and O–H groups in total. The Morgan fingerprint density at radius 1 is 1.32 bits per heavy atom. The van der Waals surface area contributed by atoms with Crippen LogP contribution < -0.4 is 0 Å². The van der Waals surface area contributed by atoms with Crippen LogP contribution in [0.25, 0.3) is 17.1 Å². The second kappa shape index (κ2) is 6.80. The lowest BCUT2D eigenvalue weighted by atomic mass is 9.99. The maximum atomic E-state index is 13.6. The summed E-state index contributed by atoms with van der Waals surface area (Å²) in [6, 6.07) is 3.86. The van der Waals surface area contributed by atoms with E-state index in [4.69, 9.17) is 16.0 Å². The average molecular weight is 413 g/mol. The number of piperidine rings is 1. The molecule has 1 fully saturated rings. The highest BCUT2D eigenvalue weighted by molar-refractivity contribution is 6.36. The molecule has 1 aliphatic heterocycles. The van der Waals surface area contributed by atoms with Crippen molar-refractivity contribution in [2.45, 2.75) is 25.9 Å². The van der Waals surface area contributed by atoms with Gasteiger partial charge in [-0.05, 0) is 37.0 Å². The van der Waals surface area contributed by atoms with Crippen LogP contribution in [0.3, 0.4) is 0 Å². The fraction of sp³-hybridized carbons (Fsp3) is 0.389. The smallest absolute Gasteiger partial charge is 0.433 e. The van der Waals surface area contributed by atoms with E-state index in [1.807, 2.05) is 0 Å². The molecule has 0 radical (unpaired) electrons. The normalized spacial score (nSPS) is 16.1. The highest BCUT2D eigenvalue weighted by Crippen LogP contribution is 2.35. The monoisotopic (exact) mass is 412 g/mol. The number of carbonyl (C=O) groups is 1. The molecule has 1 saturated heterocycles. The third-order valence-electron chi connectivity index (χ3n) is 4.87. The topological polar surface area (TPSA) is 63.6 Å². The molecule has 1 aliphatic rings. The van der Waals surface area contributed by atoms with Gasteiger partial charge in [0.1, 0.15) is 10.7 Å². The van der Waals surface area contributed by atoms with Crippen LogP contribution in [0.2, 0.25) is 5.02 Å². The fourth-order valence-electron chi connectivity index (χ4n) is 3.24. The quantitative estimate of drug-likeness (QED) is 0.620. The molecule has 0 bridgehead atoms. The van der Waals surface area contributed by atoms with Crippen LogP contribution >= 0.6 is 11.6 Å². The number of aromatic nitrogens is 3. The molecule has 0 unspecified atom stereocenters. The zero-order chi connectivity index (χ0) is 20.1. The molecule has 0 atom stereocenters. The van der Waals surface area contributed by atoms with Gasteiger partial charge in [-0.3, -0.25) is 4.79 Å². The molecule has 3 aromatic heterocycles. The molecule has 10 heteroatoms. The van der Waals surface area contributed by atoms with Crippen LogP contribution in [0, 0.1) is 5.92 Å². The van der Waals surface area contributed by atoms with Crippen LogP contribution in [0.5, 0.6) is 0 Å². The summed E-state index contributed by atoms with van der Waals surface area (Å²) in [6.45, 7) is 3.12. The van der Waals surface area contributed by atoms with Crippen molar-refractivity contribution in [3.8, 4) is 11.5 Å². The first-order chi connectivity index (χ1) is 13.3. The predicted molar refractivity (Wildman–Crippen MR) is 95.0 cm³/mol. The number of likely N-dealkylation sites (tertiary alicyclic amines) is 1. The number of nitrogens with zero attached hydrogens (tertiary/aromatic N) is 4. The second-order valence-corrected chi connectivity index (χ2v) is 7.25. The Kier molecular flexibility index (Phi) is 4.57.